The van der Waals surface area contributed by atoms with Crippen LogP contribution in [0.2, 0.25) is 30.8 Å². The minimum Gasteiger partial charge on any atom is -0.443 e. The number of benzene rings is 1. The van der Waals surface area contributed by atoms with E-state index < -0.39 is 53.5 Å². The molecule has 2 aromatic rings. The Bertz CT molecular complexity index is 1500. The van der Waals surface area contributed by atoms with Gasteiger partial charge in [-0.1, -0.05) is 49.1 Å². The van der Waals surface area contributed by atoms with E-state index >= 15 is 8.78 Å². The van der Waals surface area contributed by atoms with E-state index in [0.29, 0.717) is 18.6 Å². The summed E-state index contributed by atoms with van der Waals surface area (Å²) in [6.45, 7) is 13.8. The molecule has 1 aliphatic heterocycles. The van der Waals surface area contributed by atoms with Crippen molar-refractivity contribution in [1.82, 2.24) is 14.9 Å². The van der Waals surface area contributed by atoms with Gasteiger partial charge in [0.25, 0.3) is 0 Å². The summed E-state index contributed by atoms with van der Waals surface area (Å²) in [4.78, 5) is 40.2. The first kappa shape index (κ1) is 34.0. The van der Waals surface area contributed by atoms with Crippen molar-refractivity contribution in [2.45, 2.75) is 75.7 Å². The molecule has 1 aromatic carbocycles. The summed E-state index contributed by atoms with van der Waals surface area (Å²) in [5, 5.41) is 0.247. The molecule has 238 valence electrons. The number of nitrogens with zero attached hydrogens (tertiary/aromatic N) is 4. The number of aromatic nitrogens is 2. The predicted octanol–water partition coefficient (Wildman–Crippen LogP) is 6.85. The Hall–Kier alpha value is -2.87. The fourth-order valence-electron chi connectivity index (χ4n) is 4.87. The van der Waals surface area contributed by atoms with Crippen molar-refractivity contribution in [3.05, 3.63) is 58.4 Å². The summed E-state index contributed by atoms with van der Waals surface area (Å²) in [5.41, 5.74) is 4.15. The maximum absolute atomic E-state index is 15.6. The molecule has 0 saturated heterocycles. The van der Waals surface area contributed by atoms with Gasteiger partial charge >= 0.3 is 6.09 Å². The highest BCUT2D eigenvalue weighted by Gasteiger charge is 2.71. The van der Waals surface area contributed by atoms with Crippen LogP contribution >= 0.6 is 23.4 Å². The molecule has 1 aliphatic carbocycles. The van der Waals surface area contributed by atoms with Crippen LogP contribution in [-0.4, -0.2) is 63.8 Å². The minimum absolute atomic E-state index is 0.0436. The van der Waals surface area contributed by atoms with Crippen molar-refractivity contribution >= 4 is 60.5 Å². The first-order chi connectivity index (χ1) is 20.3. The van der Waals surface area contributed by atoms with Gasteiger partial charge in [0.1, 0.15) is 33.7 Å². The third-order valence-electron chi connectivity index (χ3n) is 7.36. The van der Waals surface area contributed by atoms with Crippen molar-refractivity contribution in [1.29, 1.82) is 0 Å². The average Bonchev–Trinajstić information content (AvgIpc) is 3.66. The van der Waals surface area contributed by atoms with E-state index in [-0.39, 0.29) is 28.3 Å². The second kappa shape index (κ2) is 12.5. The van der Waals surface area contributed by atoms with Crippen LogP contribution < -0.4 is 5.73 Å². The number of rotatable bonds is 9. The first-order valence-electron chi connectivity index (χ1n) is 14.2. The molecular formula is C30H38ClF2N5O4SSi. The number of thioether (sulfide) groups is 1. The highest BCUT2D eigenvalue weighted by atomic mass is 35.5. The number of amidine groups is 1. The molecule has 0 spiro atoms. The third kappa shape index (κ3) is 7.67. The molecule has 3 atom stereocenters. The molecule has 0 bridgehead atoms. The maximum Gasteiger partial charge on any atom is 0.418 e. The summed E-state index contributed by atoms with van der Waals surface area (Å²) < 4.78 is 41.1. The minimum atomic E-state index is -1.42. The number of nitrogens with two attached hydrogens (primary N) is 1. The number of hydrogen-bond acceptors (Lipinski definition) is 8. The maximum atomic E-state index is 15.6. The lowest BCUT2D eigenvalue weighted by Gasteiger charge is -2.37. The first-order valence-corrected chi connectivity index (χ1v) is 19.1. The largest absolute Gasteiger partial charge is 0.443 e. The Morgan fingerprint density at radius 1 is 1.25 bits per heavy atom. The van der Waals surface area contributed by atoms with Crippen molar-refractivity contribution < 1.29 is 27.8 Å². The molecule has 44 heavy (non-hydrogen) atoms. The number of hydrogen-bond donors (Lipinski definition) is 1. The summed E-state index contributed by atoms with van der Waals surface area (Å²) in [7, 11) is -1.42. The van der Waals surface area contributed by atoms with E-state index in [1.165, 1.54) is 41.6 Å². The predicted molar refractivity (Wildman–Crippen MR) is 172 cm³/mol. The fourth-order valence-corrected chi connectivity index (χ4v) is 7.25. The van der Waals surface area contributed by atoms with Crippen LogP contribution in [0.1, 0.15) is 50.9 Å². The fraction of sp³-hybridized carbons (Fsp3) is 0.500. The molecule has 4 rings (SSSR count). The molecule has 1 saturated carbocycles. The molecular weight excluding hydrogens is 628 g/mol. The summed E-state index contributed by atoms with van der Waals surface area (Å²) >= 11 is 6.83. The van der Waals surface area contributed by atoms with Gasteiger partial charge in [-0.3, -0.25) is 9.79 Å². The van der Waals surface area contributed by atoms with Crippen LogP contribution in [0.4, 0.5) is 13.6 Å². The van der Waals surface area contributed by atoms with Gasteiger partial charge in [0.2, 0.25) is 5.91 Å². The van der Waals surface area contributed by atoms with Gasteiger partial charge in [-0.15, -0.1) is 0 Å². The molecule has 2 aliphatic rings. The lowest BCUT2D eigenvalue weighted by Crippen LogP contribution is -2.48. The molecule has 0 unspecified atom stereocenters. The second-order valence-electron chi connectivity index (χ2n) is 13.4. The Morgan fingerprint density at radius 2 is 1.95 bits per heavy atom. The van der Waals surface area contributed by atoms with Gasteiger partial charge in [0.05, 0.1) is 17.9 Å². The number of carbonyl (C=O) groups is 2. The second-order valence-corrected chi connectivity index (χ2v) is 20.7. The summed E-state index contributed by atoms with van der Waals surface area (Å²) in [6.07, 6.45) is 3.20. The lowest BCUT2D eigenvalue weighted by molar-refractivity contribution is -0.118. The zero-order chi connectivity index (χ0) is 32.7. The van der Waals surface area contributed by atoms with Gasteiger partial charge in [-0.2, -0.15) is 0 Å². The lowest BCUT2D eigenvalue weighted by atomic mass is 9.84. The van der Waals surface area contributed by atoms with Gasteiger partial charge in [0.15, 0.2) is 11.0 Å². The quantitative estimate of drug-likeness (QED) is 0.177. The monoisotopic (exact) mass is 665 g/mol. The zero-order valence-corrected chi connectivity index (χ0v) is 28.5. The number of primary amides is 1. The number of ether oxygens (including phenoxy) is 2. The number of halogens is 3. The Labute approximate surface area is 266 Å². The highest BCUT2D eigenvalue weighted by molar-refractivity contribution is 8.16. The Morgan fingerprint density at radius 3 is 2.55 bits per heavy atom. The SMILES string of the molecule is CC(C)(C)OC(=O)N(COCC[Si](C)(C)C)C1=N[C@](C)(c2cc(/C=C(\F)c3cnc(Cl)cn3)ccc2F)[C@@H]2C[C@]2(C(N)=O)S1. The van der Waals surface area contributed by atoms with Crippen LogP contribution in [0.3, 0.4) is 0 Å². The van der Waals surface area contributed by atoms with Gasteiger partial charge < -0.3 is 15.2 Å². The van der Waals surface area contributed by atoms with Crippen LogP contribution in [0.5, 0.6) is 0 Å². The molecule has 2 heterocycles. The average molecular weight is 666 g/mol. The molecule has 2 amide bonds. The molecule has 2 N–H and O–H groups in total. The van der Waals surface area contributed by atoms with E-state index in [1.807, 2.05) is 0 Å². The van der Waals surface area contributed by atoms with Crippen LogP contribution in [-0.2, 0) is 19.8 Å². The standard InChI is InChI=1S/C30H38ClF2N5O4SSi/c1-28(2,3)42-27(40)38(17-41-10-11-44(5,6)7)26-37-29(4,23-14-30(23,43-26)25(34)39)19-12-18(8-9-20(19)32)13-21(33)22-15-36-24(31)16-35-22/h8-9,12-13,15-16,23H,10-11,14,17H2,1-7H3,(H2,34,39)/b21-13-/t23-,29+,30-/m0/s1. The Balaban J connectivity index is 1.76. The number of amides is 2. The van der Waals surface area contributed by atoms with Gasteiger partial charge in [0, 0.05) is 26.2 Å². The molecule has 14 heteroatoms. The number of aliphatic imine (C=N–C) groups is 1. The molecule has 9 nitrogen and oxygen atoms in total. The van der Waals surface area contributed by atoms with Crippen LogP contribution in [0.15, 0.2) is 35.6 Å². The van der Waals surface area contributed by atoms with Crippen molar-refractivity contribution in [3.63, 3.8) is 0 Å². The molecule has 1 aromatic heterocycles. The zero-order valence-electron chi connectivity index (χ0n) is 25.9. The summed E-state index contributed by atoms with van der Waals surface area (Å²) in [6, 6.07) is 4.97. The van der Waals surface area contributed by atoms with Crippen molar-refractivity contribution in [2.24, 2.45) is 16.6 Å². The number of carbonyl (C=O) groups excluding carboxylic acids is 2. The highest BCUT2D eigenvalue weighted by Crippen LogP contribution is 2.66. The summed E-state index contributed by atoms with van der Waals surface area (Å²) in [5.74, 6) is -2.38. The van der Waals surface area contributed by atoms with Gasteiger partial charge in [-0.25, -0.2) is 28.4 Å². The van der Waals surface area contributed by atoms with Crippen molar-refractivity contribution in [3.8, 4) is 0 Å². The third-order valence-corrected chi connectivity index (χ3v) is 10.8. The smallest absolute Gasteiger partial charge is 0.418 e. The van der Waals surface area contributed by atoms with Crippen molar-refractivity contribution in [2.75, 3.05) is 13.3 Å². The van der Waals surface area contributed by atoms with E-state index in [9.17, 15) is 9.59 Å². The normalized spacial score (nSPS) is 23.5. The Kier molecular flexibility index (Phi) is 9.66. The van der Waals surface area contributed by atoms with E-state index in [2.05, 4.69) is 29.6 Å². The van der Waals surface area contributed by atoms with E-state index in [0.717, 1.165) is 17.8 Å². The van der Waals surface area contributed by atoms with Gasteiger partial charge in [-0.05, 0) is 63.9 Å². The van der Waals surface area contributed by atoms with E-state index in [1.54, 1.807) is 27.7 Å². The number of fused-ring (bicyclic) bond motifs is 1. The van der Waals surface area contributed by atoms with Crippen LogP contribution in [0.25, 0.3) is 11.9 Å². The van der Waals surface area contributed by atoms with Crippen LogP contribution in [0, 0.1) is 11.7 Å². The molecule has 0 radical (unpaired) electrons. The molecule has 1 fully saturated rings. The van der Waals surface area contributed by atoms with E-state index in [4.69, 9.17) is 31.8 Å². The topological polar surface area (TPSA) is 120 Å².